The molecule has 0 atom stereocenters. The number of carbonyl (C=O) groups is 3. The van der Waals surface area contributed by atoms with Crippen molar-refractivity contribution in [3.05, 3.63) is 33.9 Å². The van der Waals surface area contributed by atoms with E-state index in [0.717, 1.165) is 17.8 Å². The number of nitrogens with zero attached hydrogens (tertiary/aromatic N) is 1. The summed E-state index contributed by atoms with van der Waals surface area (Å²) in [4.78, 5) is 44.5. The number of nitrogens with one attached hydrogen (secondary N) is 1. The number of thioether (sulfide) groups is 1. The van der Waals surface area contributed by atoms with Gasteiger partial charge in [0.1, 0.15) is 0 Å². The van der Waals surface area contributed by atoms with Gasteiger partial charge >= 0.3 is 5.97 Å². The highest BCUT2D eigenvalue weighted by molar-refractivity contribution is 8.00. The summed E-state index contributed by atoms with van der Waals surface area (Å²) in [6, 6.07) is 3.78. The number of hydrogen-bond acceptors (Lipinski definition) is 6. The summed E-state index contributed by atoms with van der Waals surface area (Å²) in [5.41, 5.74) is 3.84. The molecule has 0 unspecified atom stereocenters. The minimum absolute atomic E-state index is 0.0106. The molecule has 9 nitrogen and oxygen atoms in total. The lowest BCUT2D eigenvalue weighted by Gasteiger charge is -2.18. The lowest BCUT2D eigenvalue weighted by Crippen LogP contribution is -2.32. The summed E-state index contributed by atoms with van der Waals surface area (Å²) in [7, 11) is 0. The van der Waals surface area contributed by atoms with Crippen LogP contribution in [-0.2, 0) is 9.59 Å². The topological polar surface area (TPSA) is 153 Å². The number of amides is 2. The molecule has 0 aliphatic heterocycles. The third-order valence-electron chi connectivity index (χ3n) is 3.45. The molecule has 0 fully saturated rings. The Balaban J connectivity index is 2.63. The molecule has 0 saturated carbocycles. The van der Waals surface area contributed by atoms with Crippen molar-refractivity contribution in [3.63, 3.8) is 0 Å². The first-order chi connectivity index (χ1) is 11.5. The molecule has 0 spiro atoms. The number of aliphatic carboxylic acids is 1. The van der Waals surface area contributed by atoms with Crippen LogP contribution in [0.4, 0.5) is 5.69 Å². The fraction of sp³-hybridized carbons (Fsp3) is 0.400. The number of carboxylic acid groups (broad SMARTS) is 1. The van der Waals surface area contributed by atoms with E-state index >= 15 is 0 Å². The number of nitrogens with two attached hydrogens (primary N) is 1. The first-order valence-electron chi connectivity index (χ1n) is 7.25. The van der Waals surface area contributed by atoms with Gasteiger partial charge in [-0.25, -0.2) is 0 Å². The molecule has 0 aromatic heterocycles. The second-order valence-electron chi connectivity index (χ2n) is 5.88. The zero-order valence-corrected chi connectivity index (χ0v) is 14.6. The van der Waals surface area contributed by atoms with Crippen LogP contribution < -0.4 is 11.1 Å². The van der Waals surface area contributed by atoms with Crippen LogP contribution in [0.5, 0.6) is 0 Å². The maximum absolute atomic E-state index is 11.8. The third-order valence-corrected chi connectivity index (χ3v) is 4.51. The van der Waals surface area contributed by atoms with Gasteiger partial charge in [0.15, 0.2) is 0 Å². The second kappa shape index (κ2) is 8.47. The van der Waals surface area contributed by atoms with Crippen molar-refractivity contribution in [1.29, 1.82) is 0 Å². The number of primary amides is 1. The summed E-state index contributed by atoms with van der Waals surface area (Å²) in [5, 5.41) is 22.6. The molecule has 0 aliphatic carbocycles. The van der Waals surface area contributed by atoms with Crippen LogP contribution in [0.15, 0.2) is 23.1 Å². The lowest BCUT2D eigenvalue weighted by molar-refractivity contribution is -0.387. The molecule has 0 radical (unpaired) electrons. The summed E-state index contributed by atoms with van der Waals surface area (Å²) in [6.45, 7) is 3.29. The molecular formula is C15H19N3O6S. The number of rotatable bonds is 9. The fourth-order valence-electron chi connectivity index (χ4n) is 1.75. The van der Waals surface area contributed by atoms with E-state index in [1.165, 1.54) is 12.1 Å². The van der Waals surface area contributed by atoms with Gasteiger partial charge in [-0.15, -0.1) is 11.8 Å². The molecule has 4 N–H and O–H groups in total. The van der Waals surface area contributed by atoms with E-state index in [4.69, 9.17) is 10.8 Å². The van der Waals surface area contributed by atoms with Crippen LogP contribution in [0.3, 0.4) is 0 Å². The van der Waals surface area contributed by atoms with Crippen molar-refractivity contribution >= 4 is 35.2 Å². The van der Waals surface area contributed by atoms with E-state index in [9.17, 15) is 24.5 Å². The van der Waals surface area contributed by atoms with Crippen molar-refractivity contribution < 1.29 is 24.4 Å². The van der Waals surface area contributed by atoms with Gasteiger partial charge in [0.05, 0.1) is 21.0 Å². The van der Waals surface area contributed by atoms with Crippen molar-refractivity contribution in [2.24, 2.45) is 11.1 Å². The van der Waals surface area contributed by atoms with E-state index in [-0.39, 0.29) is 40.8 Å². The number of nitro benzene ring substituents is 1. The highest BCUT2D eigenvalue weighted by Gasteiger charge is 2.26. The summed E-state index contributed by atoms with van der Waals surface area (Å²) in [6.07, 6.45) is 0.256. The SMILES string of the molecule is CC(C)(CCNC(=O)CSc1ccc(C(N)=O)cc1[N+](=O)[O-])C(=O)O. The Labute approximate surface area is 148 Å². The maximum atomic E-state index is 11.8. The molecule has 1 rings (SSSR count). The van der Waals surface area contributed by atoms with Crippen molar-refractivity contribution in [1.82, 2.24) is 5.32 Å². The molecule has 2 amide bonds. The van der Waals surface area contributed by atoms with Crippen molar-refractivity contribution in [2.45, 2.75) is 25.2 Å². The van der Waals surface area contributed by atoms with Crippen LogP contribution in [-0.4, -0.2) is 40.1 Å². The van der Waals surface area contributed by atoms with Crippen LogP contribution >= 0.6 is 11.8 Å². The van der Waals surface area contributed by atoms with Gasteiger partial charge in [0.25, 0.3) is 5.69 Å². The van der Waals surface area contributed by atoms with Crippen LogP contribution in [0.2, 0.25) is 0 Å². The second-order valence-corrected chi connectivity index (χ2v) is 6.90. The van der Waals surface area contributed by atoms with Crippen LogP contribution in [0, 0.1) is 15.5 Å². The van der Waals surface area contributed by atoms with E-state index in [1.807, 2.05) is 0 Å². The molecule has 25 heavy (non-hydrogen) atoms. The Morgan fingerprint density at radius 3 is 2.52 bits per heavy atom. The fourth-order valence-corrected chi connectivity index (χ4v) is 2.59. The highest BCUT2D eigenvalue weighted by atomic mass is 32.2. The van der Waals surface area contributed by atoms with Gasteiger partial charge in [-0.1, -0.05) is 0 Å². The van der Waals surface area contributed by atoms with Gasteiger partial charge in [-0.2, -0.15) is 0 Å². The molecular weight excluding hydrogens is 350 g/mol. The smallest absolute Gasteiger partial charge is 0.309 e. The van der Waals surface area contributed by atoms with Gasteiger partial charge in [0.2, 0.25) is 11.8 Å². The summed E-state index contributed by atoms with van der Waals surface area (Å²) >= 11 is 0.946. The molecule has 0 saturated heterocycles. The quantitative estimate of drug-likeness (QED) is 0.338. The summed E-state index contributed by atoms with van der Waals surface area (Å²) in [5.74, 6) is -2.19. The highest BCUT2D eigenvalue weighted by Crippen LogP contribution is 2.30. The molecule has 1 aromatic rings. The number of carbonyl (C=O) groups excluding carboxylic acids is 2. The monoisotopic (exact) mass is 369 g/mol. The third kappa shape index (κ3) is 6.07. The summed E-state index contributed by atoms with van der Waals surface area (Å²) < 4.78 is 0. The Bertz CT molecular complexity index is 705. The van der Waals surface area contributed by atoms with Gasteiger partial charge in [-0.05, 0) is 32.4 Å². The Kier molecular flexibility index (Phi) is 6.92. The first kappa shape index (κ1) is 20.4. The Hall–Kier alpha value is -2.62. The molecule has 136 valence electrons. The minimum Gasteiger partial charge on any atom is -0.481 e. The van der Waals surface area contributed by atoms with E-state index < -0.39 is 22.2 Å². The van der Waals surface area contributed by atoms with E-state index in [1.54, 1.807) is 13.8 Å². The van der Waals surface area contributed by atoms with Gasteiger partial charge < -0.3 is 16.2 Å². The van der Waals surface area contributed by atoms with Gasteiger partial charge in [0, 0.05) is 18.2 Å². The number of benzene rings is 1. The molecule has 0 bridgehead atoms. The zero-order chi connectivity index (χ0) is 19.2. The van der Waals surface area contributed by atoms with Crippen molar-refractivity contribution in [3.8, 4) is 0 Å². The van der Waals surface area contributed by atoms with E-state index in [2.05, 4.69) is 5.32 Å². The Morgan fingerprint density at radius 2 is 2.00 bits per heavy atom. The van der Waals surface area contributed by atoms with Crippen LogP contribution in [0.25, 0.3) is 0 Å². The predicted octanol–water partition coefficient (Wildman–Crippen LogP) is 1.40. The number of nitro groups is 1. The normalized spacial score (nSPS) is 11.0. The Morgan fingerprint density at radius 1 is 1.36 bits per heavy atom. The van der Waals surface area contributed by atoms with Gasteiger partial charge in [-0.3, -0.25) is 24.5 Å². The maximum Gasteiger partial charge on any atom is 0.309 e. The predicted molar refractivity (Wildman–Crippen MR) is 91.4 cm³/mol. The molecule has 0 aliphatic rings. The number of hydrogen-bond donors (Lipinski definition) is 3. The van der Waals surface area contributed by atoms with Crippen molar-refractivity contribution in [2.75, 3.05) is 12.3 Å². The largest absolute Gasteiger partial charge is 0.481 e. The molecule has 10 heteroatoms. The average Bonchev–Trinajstić information content (AvgIpc) is 2.52. The standard InChI is InChI=1S/C15H19N3O6S/c1-15(2,14(21)22)5-6-17-12(19)8-25-11-4-3-9(13(16)20)7-10(11)18(23)24/h3-4,7H,5-6,8H2,1-2H3,(H2,16,20)(H,17,19)(H,21,22). The molecule has 1 aromatic carbocycles. The minimum atomic E-state index is -0.957. The molecule has 0 heterocycles. The average molecular weight is 369 g/mol. The number of carboxylic acids is 1. The lowest BCUT2D eigenvalue weighted by atomic mass is 9.90. The van der Waals surface area contributed by atoms with E-state index in [0.29, 0.717) is 0 Å². The first-order valence-corrected chi connectivity index (χ1v) is 8.24. The van der Waals surface area contributed by atoms with Crippen LogP contribution in [0.1, 0.15) is 30.6 Å². The zero-order valence-electron chi connectivity index (χ0n) is 13.8.